The maximum absolute atomic E-state index is 12.6. The van der Waals surface area contributed by atoms with E-state index in [4.69, 9.17) is 14.7 Å². The molecule has 0 fully saturated rings. The molecule has 0 amide bonds. The Morgan fingerprint density at radius 1 is 1.15 bits per heavy atom. The van der Waals surface area contributed by atoms with Gasteiger partial charge >= 0.3 is 5.97 Å². The molecular formula is C27H30N4O3. The molecule has 7 nitrogen and oxygen atoms in total. The minimum absolute atomic E-state index is 0.320. The lowest BCUT2D eigenvalue weighted by atomic mass is 10.0. The van der Waals surface area contributed by atoms with Crippen molar-refractivity contribution in [2.45, 2.75) is 46.5 Å². The molecule has 0 bridgehead atoms. The molecule has 34 heavy (non-hydrogen) atoms. The van der Waals surface area contributed by atoms with Gasteiger partial charge in [-0.3, -0.25) is 0 Å². The lowest BCUT2D eigenvalue weighted by Gasteiger charge is -2.27. The number of aromatic amines is 1. The first kappa shape index (κ1) is 23.4. The number of carbonyl (C=O) groups excluding carboxylic acids is 1. The summed E-state index contributed by atoms with van der Waals surface area (Å²) in [5.74, 6) is -0.342. The summed E-state index contributed by atoms with van der Waals surface area (Å²) in [5.41, 5.74) is 7.63. The average molecular weight is 459 g/mol. The van der Waals surface area contributed by atoms with Crippen molar-refractivity contribution in [2.24, 2.45) is 0 Å². The van der Waals surface area contributed by atoms with Gasteiger partial charge in [0.1, 0.15) is 0 Å². The number of hydrogen-bond donors (Lipinski definition) is 2. The van der Waals surface area contributed by atoms with Crippen LogP contribution in [0, 0.1) is 18.3 Å². The molecule has 1 aliphatic heterocycles. The number of aromatic nitrogens is 1. The summed E-state index contributed by atoms with van der Waals surface area (Å²) < 4.78 is 11.2. The summed E-state index contributed by atoms with van der Waals surface area (Å²) in [7, 11) is 0. The van der Waals surface area contributed by atoms with E-state index in [0.717, 1.165) is 45.9 Å². The Bertz CT molecular complexity index is 1190. The molecule has 1 unspecified atom stereocenters. The van der Waals surface area contributed by atoms with Crippen molar-refractivity contribution in [1.82, 2.24) is 4.98 Å². The lowest BCUT2D eigenvalue weighted by molar-refractivity contribution is 0.0525. The third-order valence-corrected chi connectivity index (χ3v) is 5.84. The van der Waals surface area contributed by atoms with Gasteiger partial charge in [0, 0.05) is 31.0 Å². The Labute approximate surface area is 200 Å². The van der Waals surface area contributed by atoms with Crippen LogP contribution in [-0.4, -0.2) is 30.5 Å². The fourth-order valence-corrected chi connectivity index (χ4v) is 4.39. The third kappa shape index (κ3) is 4.78. The second-order valence-electron chi connectivity index (χ2n) is 8.21. The molecule has 3 aromatic rings. The summed E-state index contributed by atoms with van der Waals surface area (Å²) in [4.78, 5) is 18.1. The first-order valence-electron chi connectivity index (χ1n) is 11.6. The van der Waals surface area contributed by atoms with Gasteiger partial charge in [0.15, 0.2) is 0 Å². The number of nitrogens with one attached hydrogen (secondary N) is 2. The molecule has 0 saturated carbocycles. The normalized spacial score (nSPS) is 14.4. The number of fused-ring (bicyclic) bond motifs is 1. The van der Waals surface area contributed by atoms with E-state index in [-0.39, 0.29) is 12.3 Å². The highest BCUT2D eigenvalue weighted by Crippen LogP contribution is 2.39. The lowest BCUT2D eigenvalue weighted by Crippen LogP contribution is -2.38. The van der Waals surface area contributed by atoms with Crippen molar-refractivity contribution >= 4 is 17.3 Å². The van der Waals surface area contributed by atoms with Crippen molar-refractivity contribution in [3.8, 4) is 17.3 Å². The van der Waals surface area contributed by atoms with Crippen molar-refractivity contribution in [3.63, 3.8) is 0 Å². The topological polar surface area (TPSA) is 90.4 Å². The van der Waals surface area contributed by atoms with Gasteiger partial charge in [0.05, 0.1) is 29.6 Å². The van der Waals surface area contributed by atoms with Crippen LogP contribution >= 0.6 is 0 Å². The number of ether oxygens (including phenoxy) is 2. The fraction of sp³-hybridized carbons (Fsp3) is 0.333. The van der Waals surface area contributed by atoms with Crippen LogP contribution in [0.2, 0.25) is 0 Å². The standard InChI is InChI=1S/C27H30N4O3/c1-4-33-26(32)22-9-6-10-23-25(22)31(27(30-23)34-5-2)17-19-11-13-20(14-12-19)24-21(8-7-15-28)16-18(3)29-24/h6,9-14,16,27,29-30H,4-5,7-8,17H2,1-3H3. The number of para-hydroxylation sites is 1. The number of carbonyl (C=O) groups is 1. The Morgan fingerprint density at radius 2 is 1.94 bits per heavy atom. The molecule has 1 aliphatic rings. The first-order chi connectivity index (χ1) is 16.5. The summed E-state index contributed by atoms with van der Waals surface area (Å²) in [5, 5.41) is 12.3. The molecule has 7 heteroatoms. The number of aryl methyl sites for hydroxylation is 2. The summed E-state index contributed by atoms with van der Waals surface area (Å²) >= 11 is 0. The van der Waals surface area contributed by atoms with Gasteiger partial charge in [-0.05, 0) is 62.1 Å². The number of H-pyrrole nitrogens is 1. The Morgan fingerprint density at radius 3 is 2.65 bits per heavy atom. The van der Waals surface area contributed by atoms with Gasteiger partial charge in [-0.25, -0.2) is 4.79 Å². The van der Waals surface area contributed by atoms with E-state index in [1.165, 1.54) is 0 Å². The summed E-state index contributed by atoms with van der Waals surface area (Å²) in [6.45, 7) is 7.20. The molecule has 0 saturated heterocycles. The van der Waals surface area contributed by atoms with Gasteiger partial charge in [-0.15, -0.1) is 0 Å². The highest BCUT2D eigenvalue weighted by Gasteiger charge is 2.33. The first-order valence-corrected chi connectivity index (χ1v) is 11.6. The van der Waals surface area contributed by atoms with Gasteiger partial charge in [-0.1, -0.05) is 30.3 Å². The summed E-state index contributed by atoms with van der Waals surface area (Å²) in [6.07, 6.45) is 0.838. The van der Waals surface area contributed by atoms with Gasteiger partial charge in [-0.2, -0.15) is 5.26 Å². The number of nitriles is 1. The highest BCUT2D eigenvalue weighted by molar-refractivity contribution is 6.00. The Kier molecular flexibility index (Phi) is 7.19. The van der Waals surface area contributed by atoms with Crippen molar-refractivity contribution < 1.29 is 14.3 Å². The zero-order valence-corrected chi connectivity index (χ0v) is 19.9. The zero-order valence-electron chi connectivity index (χ0n) is 19.9. The second-order valence-corrected chi connectivity index (χ2v) is 8.21. The van der Waals surface area contributed by atoms with E-state index in [2.05, 4.69) is 51.6 Å². The van der Waals surface area contributed by atoms with E-state index in [1.807, 2.05) is 26.0 Å². The van der Waals surface area contributed by atoms with E-state index < -0.39 is 0 Å². The van der Waals surface area contributed by atoms with E-state index in [0.29, 0.717) is 31.7 Å². The van der Waals surface area contributed by atoms with Crippen molar-refractivity contribution in [2.75, 3.05) is 23.4 Å². The molecule has 4 rings (SSSR count). The van der Waals surface area contributed by atoms with E-state index >= 15 is 0 Å². The smallest absolute Gasteiger partial charge is 0.340 e. The van der Waals surface area contributed by atoms with E-state index in [1.54, 1.807) is 13.0 Å². The molecule has 1 aromatic heterocycles. The van der Waals surface area contributed by atoms with Gasteiger partial charge in [0.25, 0.3) is 0 Å². The predicted octanol–water partition coefficient (Wildman–Crippen LogP) is 5.38. The Hall–Kier alpha value is -3.76. The van der Waals surface area contributed by atoms with Crippen LogP contribution in [0.3, 0.4) is 0 Å². The van der Waals surface area contributed by atoms with E-state index in [9.17, 15) is 4.79 Å². The maximum Gasteiger partial charge on any atom is 0.340 e. The molecule has 0 spiro atoms. The maximum atomic E-state index is 12.6. The number of rotatable bonds is 9. The van der Waals surface area contributed by atoms with Crippen LogP contribution in [0.1, 0.15) is 47.4 Å². The van der Waals surface area contributed by atoms with Crippen molar-refractivity contribution in [1.29, 1.82) is 5.26 Å². The number of hydrogen-bond acceptors (Lipinski definition) is 6. The highest BCUT2D eigenvalue weighted by atomic mass is 16.5. The second kappa shape index (κ2) is 10.4. The predicted molar refractivity (Wildman–Crippen MR) is 133 cm³/mol. The SMILES string of the molecule is CCOC(=O)c1cccc2c1N(Cc1ccc(-c3[nH]c(C)cc3CCC#N)cc1)C(OCC)N2. The number of benzene rings is 2. The number of esters is 1. The molecule has 2 heterocycles. The average Bonchev–Trinajstić information content (AvgIpc) is 3.38. The molecule has 0 aliphatic carbocycles. The molecule has 2 aromatic carbocycles. The van der Waals surface area contributed by atoms with Crippen LogP contribution in [0.5, 0.6) is 0 Å². The number of nitrogens with zero attached hydrogens (tertiary/aromatic N) is 2. The number of anilines is 2. The largest absolute Gasteiger partial charge is 0.462 e. The minimum Gasteiger partial charge on any atom is -0.462 e. The minimum atomic E-state index is -0.376. The van der Waals surface area contributed by atoms with Gasteiger partial charge < -0.3 is 24.7 Å². The van der Waals surface area contributed by atoms with Crippen LogP contribution < -0.4 is 10.2 Å². The molecular weight excluding hydrogens is 428 g/mol. The quantitative estimate of drug-likeness (QED) is 0.419. The molecule has 0 radical (unpaired) electrons. The van der Waals surface area contributed by atoms with Crippen LogP contribution in [0.15, 0.2) is 48.5 Å². The summed E-state index contributed by atoms with van der Waals surface area (Å²) in [6, 6.07) is 18.3. The Balaban J connectivity index is 1.62. The molecule has 1 atom stereocenters. The van der Waals surface area contributed by atoms with Crippen LogP contribution in [-0.2, 0) is 22.4 Å². The van der Waals surface area contributed by atoms with Crippen LogP contribution in [0.25, 0.3) is 11.3 Å². The third-order valence-electron chi connectivity index (χ3n) is 5.84. The van der Waals surface area contributed by atoms with Crippen LogP contribution in [0.4, 0.5) is 11.4 Å². The monoisotopic (exact) mass is 458 g/mol. The molecule has 2 N–H and O–H groups in total. The fourth-order valence-electron chi connectivity index (χ4n) is 4.39. The van der Waals surface area contributed by atoms with Crippen molar-refractivity contribution in [3.05, 3.63) is 70.9 Å². The zero-order chi connectivity index (χ0) is 24.1. The van der Waals surface area contributed by atoms with Gasteiger partial charge in [0.2, 0.25) is 6.35 Å². The molecule has 176 valence electrons.